The average Bonchev–Trinajstić information content (AvgIpc) is 3.24. The average molecular weight is 541 g/mol. The maximum atomic E-state index is 13.2. The van der Waals surface area contributed by atoms with Crippen molar-refractivity contribution in [3.8, 4) is 11.5 Å². The standard InChI is InChI=1S/C23H28FN3O3.HI/c1-25-22(27(2)14-17-3-6-19(24)7-4-17)26-15-23(9-11-28-12-10-23)18-5-8-20-21(13-18)30-16-29-20;/h3-8,13H,9-12,14-16H2,1-2H3,(H,25,26);1H. The number of rotatable bonds is 5. The smallest absolute Gasteiger partial charge is 0.231 e. The van der Waals surface area contributed by atoms with Crippen molar-refractivity contribution in [3.63, 3.8) is 0 Å². The SMILES string of the molecule is CN=C(NCC1(c2ccc3c(c2)OCO3)CCOCC1)N(C)Cc1ccc(F)cc1.I. The summed E-state index contributed by atoms with van der Waals surface area (Å²) in [6.45, 7) is 3.09. The molecule has 2 aliphatic rings. The van der Waals surface area contributed by atoms with Crippen molar-refractivity contribution in [3.05, 3.63) is 59.4 Å². The van der Waals surface area contributed by atoms with Gasteiger partial charge < -0.3 is 24.4 Å². The first-order valence-electron chi connectivity index (χ1n) is 10.2. The minimum atomic E-state index is -0.228. The van der Waals surface area contributed by atoms with Gasteiger partial charge in [-0.2, -0.15) is 0 Å². The Bertz CT molecular complexity index is 901. The molecular formula is C23H29FIN3O3. The Hall–Kier alpha value is -2.07. The number of hydrogen-bond acceptors (Lipinski definition) is 4. The third-order valence-electron chi connectivity index (χ3n) is 5.93. The molecule has 2 heterocycles. The minimum absolute atomic E-state index is 0. The summed E-state index contributed by atoms with van der Waals surface area (Å²) in [5.74, 6) is 2.17. The lowest BCUT2D eigenvalue weighted by molar-refractivity contribution is 0.0511. The van der Waals surface area contributed by atoms with E-state index in [0.29, 0.717) is 6.54 Å². The lowest BCUT2D eigenvalue weighted by atomic mass is 9.74. The zero-order valence-electron chi connectivity index (χ0n) is 17.9. The van der Waals surface area contributed by atoms with E-state index in [4.69, 9.17) is 14.2 Å². The van der Waals surface area contributed by atoms with Gasteiger partial charge in [-0.25, -0.2) is 4.39 Å². The summed E-state index contributed by atoms with van der Waals surface area (Å²) in [5, 5.41) is 3.55. The third kappa shape index (κ3) is 5.41. The van der Waals surface area contributed by atoms with Gasteiger partial charge in [0.15, 0.2) is 17.5 Å². The highest BCUT2D eigenvalue weighted by molar-refractivity contribution is 14.0. The first kappa shape index (κ1) is 23.6. The molecule has 6 nitrogen and oxygen atoms in total. The van der Waals surface area contributed by atoms with Crippen LogP contribution in [0.1, 0.15) is 24.0 Å². The second-order valence-corrected chi connectivity index (χ2v) is 7.84. The fourth-order valence-corrected chi connectivity index (χ4v) is 4.13. The van der Waals surface area contributed by atoms with E-state index < -0.39 is 0 Å². The van der Waals surface area contributed by atoms with Gasteiger partial charge in [0, 0.05) is 45.8 Å². The second-order valence-electron chi connectivity index (χ2n) is 7.84. The van der Waals surface area contributed by atoms with E-state index >= 15 is 0 Å². The van der Waals surface area contributed by atoms with E-state index in [9.17, 15) is 4.39 Å². The van der Waals surface area contributed by atoms with Gasteiger partial charge >= 0.3 is 0 Å². The highest BCUT2D eigenvalue weighted by Gasteiger charge is 2.36. The number of halogens is 2. The molecule has 0 aliphatic carbocycles. The lowest BCUT2D eigenvalue weighted by Crippen LogP contribution is -2.48. The number of ether oxygens (including phenoxy) is 3. The number of guanidine groups is 1. The Morgan fingerprint density at radius 2 is 1.81 bits per heavy atom. The van der Waals surface area contributed by atoms with Crippen LogP contribution in [0.5, 0.6) is 11.5 Å². The van der Waals surface area contributed by atoms with E-state index in [1.807, 2.05) is 18.0 Å². The van der Waals surface area contributed by atoms with Gasteiger partial charge in [-0.05, 0) is 48.2 Å². The molecule has 8 heteroatoms. The molecular weight excluding hydrogens is 512 g/mol. The van der Waals surface area contributed by atoms with Gasteiger partial charge in [-0.1, -0.05) is 18.2 Å². The molecule has 2 aliphatic heterocycles. The molecule has 0 bridgehead atoms. The van der Waals surface area contributed by atoms with Crippen LogP contribution in [0.4, 0.5) is 4.39 Å². The molecule has 2 aromatic rings. The van der Waals surface area contributed by atoms with Crippen LogP contribution in [-0.2, 0) is 16.7 Å². The number of aliphatic imine (C=N–C) groups is 1. The summed E-state index contributed by atoms with van der Waals surface area (Å²) in [6.07, 6.45) is 1.83. The van der Waals surface area contributed by atoms with Crippen LogP contribution in [0.2, 0.25) is 0 Å². The van der Waals surface area contributed by atoms with Gasteiger partial charge in [0.25, 0.3) is 0 Å². The van der Waals surface area contributed by atoms with Gasteiger partial charge in [-0.15, -0.1) is 24.0 Å². The number of benzene rings is 2. The molecule has 0 atom stereocenters. The molecule has 31 heavy (non-hydrogen) atoms. The summed E-state index contributed by atoms with van der Waals surface area (Å²) in [4.78, 5) is 6.49. The van der Waals surface area contributed by atoms with E-state index in [-0.39, 0.29) is 42.0 Å². The van der Waals surface area contributed by atoms with Crippen molar-refractivity contribution in [1.82, 2.24) is 10.2 Å². The maximum Gasteiger partial charge on any atom is 0.231 e. The van der Waals surface area contributed by atoms with E-state index in [2.05, 4.69) is 22.4 Å². The zero-order valence-corrected chi connectivity index (χ0v) is 20.2. The zero-order chi connectivity index (χ0) is 21.0. The Morgan fingerprint density at radius 1 is 1.10 bits per heavy atom. The number of nitrogens with zero attached hydrogens (tertiary/aromatic N) is 2. The summed E-state index contributed by atoms with van der Waals surface area (Å²) >= 11 is 0. The van der Waals surface area contributed by atoms with Crippen molar-refractivity contribution in [2.45, 2.75) is 24.8 Å². The van der Waals surface area contributed by atoms with Crippen LogP contribution in [0.25, 0.3) is 0 Å². The molecule has 168 valence electrons. The molecule has 1 saturated heterocycles. The van der Waals surface area contributed by atoms with Crippen LogP contribution in [-0.4, -0.2) is 51.5 Å². The molecule has 0 aromatic heterocycles. The minimum Gasteiger partial charge on any atom is -0.454 e. The predicted octanol–water partition coefficient (Wildman–Crippen LogP) is 3.93. The van der Waals surface area contributed by atoms with Crippen molar-refractivity contribution in [1.29, 1.82) is 0 Å². The highest BCUT2D eigenvalue weighted by Crippen LogP contribution is 2.40. The van der Waals surface area contributed by atoms with Crippen molar-refractivity contribution >= 4 is 29.9 Å². The molecule has 0 amide bonds. The summed E-state index contributed by atoms with van der Waals surface area (Å²) in [5.41, 5.74) is 2.17. The fourth-order valence-electron chi connectivity index (χ4n) is 4.13. The van der Waals surface area contributed by atoms with Crippen molar-refractivity contribution in [2.75, 3.05) is 40.6 Å². The molecule has 4 rings (SSSR count). The number of fused-ring (bicyclic) bond motifs is 1. The van der Waals surface area contributed by atoms with Crippen LogP contribution < -0.4 is 14.8 Å². The highest BCUT2D eigenvalue weighted by atomic mass is 127. The van der Waals surface area contributed by atoms with Gasteiger partial charge in [0.05, 0.1) is 0 Å². The van der Waals surface area contributed by atoms with E-state index in [1.54, 1.807) is 19.2 Å². The van der Waals surface area contributed by atoms with Crippen LogP contribution in [0.3, 0.4) is 0 Å². The Morgan fingerprint density at radius 3 is 2.52 bits per heavy atom. The van der Waals surface area contributed by atoms with Crippen LogP contribution in [0.15, 0.2) is 47.5 Å². The van der Waals surface area contributed by atoms with E-state index in [0.717, 1.165) is 55.6 Å². The van der Waals surface area contributed by atoms with Crippen molar-refractivity contribution < 1.29 is 18.6 Å². The monoisotopic (exact) mass is 541 g/mol. The van der Waals surface area contributed by atoms with Crippen LogP contribution in [0, 0.1) is 5.82 Å². The molecule has 0 radical (unpaired) electrons. The molecule has 1 N–H and O–H groups in total. The normalized spacial score (nSPS) is 17.1. The topological polar surface area (TPSA) is 55.3 Å². The molecule has 1 fully saturated rings. The van der Waals surface area contributed by atoms with Gasteiger partial charge in [0.1, 0.15) is 5.82 Å². The second kappa shape index (κ2) is 10.5. The van der Waals surface area contributed by atoms with Crippen LogP contribution >= 0.6 is 24.0 Å². The first-order chi connectivity index (χ1) is 14.6. The molecule has 0 saturated carbocycles. The lowest BCUT2D eigenvalue weighted by Gasteiger charge is -2.39. The summed E-state index contributed by atoms with van der Waals surface area (Å²) < 4.78 is 29.9. The largest absolute Gasteiger partial charge is 0.454 e. The van der Waals surface area contributed by atoms with Crippen molar-refractivity contribution in [2.24, 2.45) is 4.99 Å². The quantitative estimate of drug-likeness (QED) is 0.354. The van der Waals surface area contributed by atoms with Gasteiger partial charge in [-0.3, -0.25) is 4.99 Å². The first-order valence-corrected chi connectivity index (χ1v) is 10.2. The maximum absolute atomic E-state index is 13.2. The summed E-state index contributed by atoms with van der Waals surface area (Å²) in [7, 11) is 3.76. The van der Waals surface area contributed by atoms with Gasteiger partial charge in [0.2, 0.25) is 6.79 Å². The third-order valence-corrected chi connectivity index (χ3v) is 5.93. The Kier molecular flexibility index (Phi) is 7.99. The molecule has 0 unspecified atom stereocenters. The Labute approximate surface area is 199 Å². The Balaban J connectivity index is 0.00000272. The summed E-state index contributed by atoms with van der Waals surface area (Å²) in [6, 6.07) is 12.8. The molecule has 0 spiro atoms. The predicted molar refractivity (Wildman–Crippen MR) is 129 cm³/mol. The fraction of sp³-hybridized carbons (Fsp3) is 0.435. The van der Waals surface area contributed by atoms with E-state index in [1.165, 1.54) is 17.7 Å². The number of hydrogen-bond donors (Lipinski definition) is 1. The number of nitrogens with one attached hydrogen (secondary N) is 1. The molecule has 2 aromatic carbocycles.